The van der Waals surface area contributed by atoms with Crippen molar-refractivity contribution in [1.82, 2.24) is 9.55 Å². The SMILES string of the molecule is C=CCOC(=O)Nc1ccn([C@@H]2C[C@H](CO)[C@@H](O)C2F)c(=O)n1. The van der Waals surface area contributed by atoms with E-state index in [9.17, 15) is 19.1 Å². The summed E-state index contributed by atoms with van der Waals surface area (Å²) in [6, 6.07) is 0.408. The first kappa shape index (κ1) is 17.1. The van der Waals surface area contributed by atoms with E-state index >= 15 is 0 Å². The van der Waals surface area contributed by atoms with Gasteiger partial charge in [-0.3, -0.25) is 9.88 Å². The number of ether oxygens (including phenoxy) is 1. The number of carbonyl (C=O) groups excluding carboxylic acids is 1. The predicted octanol–water partition coefficient (Wildman–Crippen LogP) is 0.230. The Morgan fingerprint density at radius 1 is 1.65 bits per heavy atom. The Balaban J connectivity index is 2.12. The van der Waals surface area contributed by atoms with E-state index in [2.05, 4.69) is 21.6 Å². The van der Waals surface area contributed by atoms with Gasteiger partial charge >= 0.3 is 11.8 Å². The number of aromatic nitrogens is 2. The summed E-state index contributed by atoms with van der Waals surface area (Å²) in [6.45, 7) is 3.03. The van der Waals surface area contributed by atoms with E-state index in [1.807, 2.05) is 0 Å². The Hall–Kier alpha value is -2.26. The summed E-state index contributed by atoms with van der Waals surface area (Å²) in [7, 11) is 0. The number of nitrogens with one attached hydrogen (secondary N) is 1. The highest BCUT2D eigenvalue weighted by atomic mass is 19.1. The van der Waals surface area contributed by atoms with Gasteiger partial charge in [0.2, 0.25) is 0 Å². The zero-order chi connectivity index (χ0) is 17.0. The molecule has 126 valence electrons. The number of hydrogen-bond donors (Lipinski definition) is 3. The van der Waals surface area contributed by atoms with E-state index in [0.29, 0.717) is 0 Å². The molecule has 0 spiro atoms. The molecular weight excluding hydrogens is 309 g/mol. The molecule has 4 atom stereocenters. The smallest absolute Gasteiger partial charge is 0.413 e. The zero-order valence-electron chi connectivity index (χ0n) is 12.3. The monoisotopic (exact) mass is 327 g/mol. The lowest BCUT2D eigenvalue weighted by Gasteiger charge is -2.17. The molecule has 1 amide bonds. The Labute approximate surface area is 131 Å². The molecule has 1 fully saturated rings. The van der Waals surface area contributed by atoms with Crippen LogP contribution in [0.25, 0.3) is 0 Å². The number of nitrogens with zero attached hydrogens (tertiary/aromatic N) is 2. The van der Waals surface area contributed by atoms with Gasteiger partial charge < -0.3 is 14.9 Å². The average Bonchev–Trinajstić information content (AvgIpc) is 2.81. The lowest BCUT2D eigenvalue weighted by Crippen LogP contribution is -2.33. The van der Waals surface area contributed by atoms with Crippen LogP contribution in [0.2, 0.25) is 0 Å². The highest BCUT2D eigenvalue weighted by molar-refractivity contribution is 5.83. The highest BCUT2D eigenvalue weighted by Crippen LogP contribution is 2.36. The van der Waals surface area contributed by atoms with Crippen LogP contribution in [0.15, 0.2) is 29.7 Å². The molecular formula is C14H18FN3O5. The maximum Gasteiger partial charge on any atom is 0.413 e. The third kappa shape index (κ3) is 3.74. The van der Waals surface area contributed by atoms with Crippen molar-refractivity contribution in [1.29, 1.82) is 0 Å². The van der Waals surface area contributed by atoms with Crippen molar-refractivity contribution in [3.8, 4) is 0 Å². The van der Waals surface area contributed by atoms with Crippen molar-refractivity contribution >= 4 is 11.9 Å². The van der Waals surface area contributed by atoms with Gasteiger partial charge in [-0.05, 0) is 12.5 Å². The first-order chi connectivity index (χ1) is 11.0. The van der Waals surface area contributed by atoms with Crippen molar-refractivity contribution in [3.05, 3.63) is 35.4 Å². The van der Waals surface area contributed by atoms with Gasteiger partial charge in [-0.2, -0.15) is 4.98 Å². The fourth-order valence-electron chi connectivity index (χ4n) is 2.53. The average molecular weight is 327 g/mol. The van der Waals surface area contributed by atoms with Crippen molar-refractivity contribution in [2.75, 3.05) is 18.5 Å². The van der Waals surface area contributed by atoms with Gasteiger partial charge in [-0.25, -0.2) is 14.0 Å². The molecule has 8 nitrogen and oxygen atoms in total. The van der Waals surface area contributed by atoms with E-state index in [-0.39, 0.29) is 25.5 Å². The number of rotatable bonds is 5. The normalized spacial score (nSPS) is 26.7. The molecule has 9 heteroatoms. The molecule has 0 bridgehead atoms. The second-order valence-corrected chi connectivity index (χ2v) is 5.20. The van der Waals surface area contributed by atoms with Gasteiger partial charge in [0.05, 0.1) is 12.1 Å². The van der Waals surface area contributed by atoms with Crippen molar-refractivity contribution < 1.29 is 24.1 Å². The molecule has 0 radical (unpaired) electrons. The number of alkyl halides is 1. The summed E-state index contributed by atoms with van der Waals surface area (Å²) in [5.41, 5.74) is -0.773. The van der Waals surface area contributed by atoms with Gasteiger partial charge in [0.15, 0.2) is 0 Å². The summed E-state index contributed by atoms with van der Waals surface area (Å²) in [4.78, 5) is 27.0. The Kier molecular flexibility index (Phi) is 5.45. The molecule has 1 heterocycles. The maximum atomic E-state index is 14.1. The number of hydrogen-bond acceptors (Lipinski definition) is 6. The number of aliphatic hydroxyl groups is 2. The molecule has 0 aliphatic heterocycles. The van der Waals surface area contributed by atoms with Gasteiger partial charge in [0.25, 0.3) is 0 Å². The molecule has 0 aromatic carbocycles. The van der Waals surface area contributed by atoms with Crippen LogP contribution in [0.5, 0.6) is 0 Å². The fraction of sp³-hybridized carbons (Fsp3) is 0.500. The van der Waals surface area contributed by atoms with Crippen molar-refractivity contribution in [3.63, 3.8) is 0 Å². The molecule has 1 aromatic rings. The molecule has 1 aliphatic carbocycles. The summed E-state index contributed by atoms with van der Waals surface area (Å²) in [5, 5.41) is 21.0. The molecule has 1 aromatic heterocycles. The van der Waals surface area contributed by atoms with Crippen molar-refractivity contribution in [2.45, 2.75) is 24.7 Å². The van der Waals surface area contributed by atoms with Gasteiger partial charge in [0.1, 0.15) is 18.6 Å². The molecule has 23 heavy (non-hydrogen) atoms. The molecule has 2 rings (SSSR count). The second kappa shape index (κ2) is 7.34. The van der Waals surface area contributed by atoms with Crippen LogP contribution < -0.4 is 11.0 Å². The van der Waals surface area contributed by atoms with Crippen LogP contribution in [0.3, 0.4) is 0 Å². The molecule has 1 saturated carbocycles. The van der Waals surface area contributed by atoms with Crippen molar-refractivity contribution in [2.24, 2.45) is 5.92 Å². The van der Waals surface area contributed by atoms with Crippen LogP contribution in [0.1, 0.15) is 12.5 Å². The summed E-state index contributed by atoms with van der Waals surface area (Å²) in [5.74, 6) is -0.665. The summed E-state index contributed by atoms with van der Waals surface area (Å²) < 4.78 is 19.8. The van der Waals surface area contributed by atoms with Crippen LogP contribution >= 0.6 is 0 Å². The van der Waals surface area contributed by atoms with Gasteiger partial charge in [0, 0.05) is 18.7 Å². The number of anilines is 1. The maximum absolute atomic E-state index is 14.1. The van der Waals surface area contributed by atoms with E-state index in [1.54, 1.807) is 0 Å². The van der Waals surface area contributed by atoms with Crippen LogP contribution in [-0.2, 0) is 4.74 Å². The van der Waals surface area contributed by atoms with Crippen LogP contribution in [0, 0.1) is 5.92 Å². The van der Waals surface area contributed by atoms with E-state index in [4.69, 9.17) is 5.11 Å². The predicted molar refractivity (Wildman–Crippen MR) is 78.8 cm³/mol. The first-order valence-corrected chi connectivity index (χ1v) is 7.04. The number of carbonyl (C=O) groups is 1. The molecule has 1 unspecified atom stereocenters. The largest absolute Gasteiger partial charge is 0.445 e. The van der Waals surface area contributed by atoms with Crippen LogP contribution in [0.4, 0.5) is 15.0 Å². The third-order valence-electron chi connectivity index (χ3n) is 3.71. The van der Waals surface area contributed by atoms with E-state index < -0.39 is 36.0 Å². The topological polar surface area (TPSA) is 114 Å². The summed E-state index contributed by atoms with van der Waals surface area (Å²) >= 11 is 0. The van der Waals surface area contributed by atoms with E-state index in [0.717, 1.165) is 4.57 Å². The minimum absolute atomic E-state index is 0.00887. The lowest BCUT2D eigenvalue weighted by molar-refractivity contribution is 0.0395. The summed E-state index contributed by atoms with van der Waals surface area (Å²) in [6.07, 6.45) is -1.02. The second-order valence-electron chi connectivity index (χ2n) is 5.20. The van der Waals surface area contributed by atoms with Gasteiger partial charge in [-0.15, -0.1) is 0 Å². The fourth-order valence-corrected chi connectivity index (χ4v) is 2.53. The Morgan fingerprint density at radius 3 is 2.96 bits per heavy atom. The van der Waals surface area contributed by atoms with Gasteiger partial charge in [-0.1, -0.05) is 12.7 Å². The first-order valence-electron chi connectivity index (χ1n) is 7.04. The standard InChI is InChI=1S/C14H18FN3O5/c1-2-5-23-14(22)17-10-3-4-18(13(21)16-10)9-6-8(7-19)12(20)11(9)15/h2-4,8-9,11-12,19-20H,1,5-7H2,(H,16,17,21,22)/t8-,9-,11?,12-/m1/s1. The molecule has 1 aliphatic rings. The minimum Gasteiger partial charge on any atom is -0.445 e. The lowest BCUT2D eigenvalue weighted by atomic mass is 10.1. The van der Waals surface area contributed by atoms with Crippen LogP contribution in [-0.4, -0.2) is 51.3 Å². The van der Waals surface area contributed by atoms with E-state index in [1.165, 1.54) is 18.3 Å². The zero-order valence-corrected chi connectivity index (χ0v) is 12.3. The number of amides is 1. The number of halogens is 1. The quantitative estimate of drug-likeness (QED) is 0.667. The third-order valence-corrected chi connectivity index (χ3v) is 3.71. The number of aliphatic hydroxyl groups excluding tert-OH is 2. The Bertz CT molecular complexity index is 635. The minimum atomic E-state index is -1.68. The molecule has 3 N–H and O–H groups in total. The Morgan fingerprint density at radius 2 is 2.39 bits per heavy atom. The molecule has 0 saturated heterocycles. The highest BCUT2D eigenvalue weighted by Gasteiger charge is 2.43.